The van der Waals surface area contributed by atoms with Gasteiger partial charge in [0.25, 0.3) is 0 Å². The monoisotopic (exact) mass is 252 g/mol. The Hall–Kier alpha value is -0.570. The summed E-state index contributed by atoms with van der Waals surface area (Å²) in [6, 6.07) is 0.255. The summed E-state index contributed by atoms with van der Waals surface area (Å²) in [4.78, 5) is 14.5. The fourth-order valence-corrected chi connectivity index (χ4v) is 3.56. The average molecular weight is 252 g/mol. The van der Waals surface area contributed by atoms with E-state index >= 15 is 0 Å². The van der Waals surface area contributed by atoms with E-state index in [1.807, 2.05) is 0 Å². The highest BCUT2D eigenvalue weighted by atomic mass is 16.2. The van der Waals surface area contributed by atoms with E-state index in [0.717, 1.165) is 44.7 Å². The van der Waals surface area contributed by atoms with E-state index in [-0.39, 0.29) is 12.0 Å². The van der Waals surface area contributed by atoms with Gasteiger partial charge in [-0.3, -0.25) is 4.79 Å². The van der Waals surface area contributed by atoms with Crippen molar-refractivity contribution >= 4 is 5.91 Å². The third-order valence-electron chi connectivity index (χ3n) is 4.69. The van der Waals surface area contributed by atoms with Gasteiger partial charge in [0, 0.05) is 25.0 Å². The largest absolute Gasteiger partial charge is 0.342 e. The first-order chi connectivity index (χ1) is 8.70. The summed E-state index contributed by atoms with van der Waals surface area (Å²) in [6.07, 6.45) is 9.21. The van der Waals surface area contributed by atoms with Gasteiger partial charge in [0.1, 0.15) is 0 Å². The molecule has 0 aromatic rings. The number of carbonyl (C=O) groups excluding carboxylic acids is 1. The molecule has 2 aliphatic rings. The second-order valence-electron chi connectivity index (χ2n) is 6.18. The van der Waals surface area contributed by atoms with Gasteiger partial charge in [-0.25, -0.2) is 0 Å². The minimum absolute atomic E-state index is 0.219. The summed E-state index contributed by atoms with van der Waals surface area (Å²) in [5.41, 5.74) is 5.98. The molecule has 0 spiro atoms. The Kier molecular flexibility index (Phi) is 5.04. The van der Waals surface area contributed by atoms with Gasteiger partial charge in [-0.1, -0.05) is 26.2 Å². The molecule has 1 saturated carbocycles. The predicted octanol–water partition coefficient (Wildman–Crippen LogP) is 2.54. The third-order valence-corrected chi connectivity index (χ3v) is 4.69. The van der Waals surface area contributed by atoms with Crippen LogP contribution in [0.4, 0.5) is 0 Å². The summed E-state index contributed by atoms with van der Waals surface area (Å²) < 4.78 is 0. The van der Waals surface area contributed by atoms with E-state index in [1.165, 1.54) is 25.7 Å². The van der Waals surface area contributed by atoms with Crippen molar-refractivity contribution < 1.29 is 4.79 Å². The van der Waals surface area contributed by atoms with Crippen molar-refractivity contribution in [3.05, 3.63) is 0 Å². The summed E-state index contributed by atoms with van der Waals surface area (Å²) >= 11 is 0. The number of hydrogen-bond acceptors (Lipinski definition) is 2. The maximum atomic E-state index is 12.4. The molecule has 0 radical (unpaired) electrons. The maximum absolute atomic E-state index is 12.4. The Morgan fingerprint density at radius 3 is 2.56 bits per heavy atom. The standard InChI is InChI=1S/C15H28N2O/c1-2-4-12-7-9-17(10-8-12)15(18)13-5-3-6-14(16)11-13/h12-14H,2-11,16H2,1H3. The molecule has 3 heteroatoms. The van der Waals surface area contributed by atoms with Crippen molar-refractivity contribution in [2.24, 2.45) is 17.6 Å². The molecule has 2 unspecified atom stereocenters. The number of piperidine rings is 1. The minimum Gasteiger partial charge on any atom is -0.342 e. The molecular weight excluding hydrogens is 224 g/mol. The highest BCUT2D eigenvalue weighted by Gasteiger charge is 2.30. The molecule has 2 fully saturated rings. The van der Waals surface area contributed by atoms with Crippen LogP contribution < -0.4 is 5.73 Å². The van der Waals surface area contributed by atoms with Crippen molar-refractivity contribution in [2.75, 3.05) is 13.1 Å². The summed E-state index contributed by atoms with van der Waals surface area (Å²) in [6.45, 7) is 4.21. The van der Waals surface area contributed by atoms with Gasteiger partial charge in [0.2, 0.25) is 5.91 Å². The molecule has 2 rings (SSSR count). The number of hydrogen-bond donors (Lipinski definition) is 1. The zero-order chi connectivity index (χ0) is 13.0. The fourth-order valence-electron chi connectivity index (χ4n) is 3.56. The number of rotatable bonds is 3. The molecule has 0 aromatic heterocycles. The number of likely N-dealkylation sites (tertiary alicyclic amines) is 1. The fraction of sp³-hybridized carbons (Fsp3) is 0.933. The lowest BCUT2D eigenvalue weighted by molar-refractivity contribution is -0.138. The molecule has 3 nitrogen and oxygen atoms in total. The quantitative estimate of drug-likeness (QED) is 0.839. The van der Waals surface area contributed by atoms with Gasteiger partial charge in [-0.15, -0.1) is 0 Å². The molecule has 1 heterocycles. The molecule has 2 atom stereocenters. The van der Waals surface area contributed by atoms with Gasteiger partial charge in [-0.05, 0) is 38.0 Å². The number of nitrogens with zero attached hydrogens (tertiary/aromatic N) is 1. The van der Waals surface area contributed by atoms with E-state index < -0.39 is 0 Å². The number of amides is 1. The predicted molar refractivity (Wildman–Crippen MR) is 74.1 cm³/mol. The highest BCUT2D eigenvalue weighted by molar-refractivity contribution is 5.79. The molecule has 1 aliphatic heterocycles. The molecule has 1 aliphatic carbocycles. The second-order valence-corrected chi connectivity index (χ2v) is 6.18. The van der Waals surface area contributed by atoms with Gasteiger partial charge < -0.3 is 10.6 Å². The van der Waals surface area contributed by atoms with Crippen molar-refractivity contribution in [3.8, 4) is 0 Å². The first-order valence-corrected chi connectivity index (χ1v) is 7.75. The van der Waals surface area contributed by atoms with Crippen LogP contribution in [0.15, 0.2) is 0 Å². The van der Waals surface area contributed by atoms with Crippen LogP contribution in [0.25, 0.3) is 0 Å². The molecule has 0 bridgehead atoms. The molecule has 1 saturated heterocycles. The smallest absolute Gasteiger partial charge is 0.225 e. The maximum Gasteiger partial charge on any atom is 0.225 e. The van der Waals surface area contributed by atoms with E-state index in [0.29, 0.717) is 5.91 Å². The summed E-state index contributed by atoms with van der Waals surface area (Å²) in [5, 5.41) is 0. The van der Waals surface area contributed by atoms with Crippen LogP contribution in [0.5, 0.6) is 0 Å². The lowest BCUT2D eigenvalue weighted by atomic mass is 9.84. The minimum atomic E-state index is 0.219. The second kappa shape index (κ2) is 6.55. The Morgan fingerprint density at radius 2 is 1.94 bits per heavy atom. The van der Waals surface area contributed by atoms with Crippen LogP contribution in [0.2, 0.25) is 0 Å². The van der Waals surface area contributed by atoms with E-state index in [9.17, 15) is 4.79 Å². The van der Waals surface area contributed by atoms with E-state index in [4.69, 9.17) is 5.73 Å². The number of carbonyl (C=O) groups is 1. The van der Waals surface area contributed by atoms with Crippen LogP contribution in [0.3, 0.4) is 0 Å². The van der Waals surface area contributed by atoms with Crippen molar-refractivity contribution in [1.82, 2.24) is 4.90 Å². The van der Waals surface area contributed by atoms with Gasteiger partial charge in [0.15, 0.2) is 0 Å². The normalized spacial score (nSPS) is 30.4. The Morgan fingerprint density at radius 1 is 1.22 bits per heavy atom. The summed E-state index contributed by atoms with van der Waals surface area (Å²) in [7, 11) is 0. The molecule has 0 aromatic carbocycles. The average Bonchev–Trinajstić information content (AvgIpc) is 2.39. The van der Waals surface area contributed by atoms with Crippen LogP contribution in [0, 0.1) is 11.8 Å². The lowest BCUT2D eigenvalue weighted by Crippen LogP contribution is -2.44. The molecular formula is C15H28N2O. The van der Waals surface area contributed by atoms with Crippen molar-refractivity contribution in [3.63, 3.8) is 0 Å². The first kappa shape index (κ1) is 13.9. The van der Waals surface area contributed by atoms with Crippen LogP contribution in [-0.4, -0.2) is 29.9 Å². The Balaban J connectivity index is 1.80. The van der Waals surface area contributed by atoms with Crippen LogP contribution in [0.1, 0.15) is 58.3 Å². The van der Waals surface area contributed by atoms with Gasteiger partial charge >= 0.3 is 0 Å². The molecule has 18 heavy (non-hydrogen) atoms. The SMILES string of the molecule is CCCC1CCN(C(=O)C2CCCC(N)C2)CC1. The van der Waals surface area contributed by atoms with Gasteiger partial charge in [-0.2, -0.15) is 0 Å². The number of nitrogens with two attached hydrogens (primary N) is 1. The zero-order valence-electron chi connectivity index (χ0n) is 11.7. The zero-order valence-corrected chi connectivity index (χ0v) is 11.7. The van der Waals surface area contributed by atoms with Crippen LogP contribution in [-0.2, 0) is 4.79 Å². The molecule has 1 amide bonds. The van der Waals surface area contributed by atoms with E-state index in [2.05, 4.69) is 11.8 Å². The van der Waals surface area contributed by atoms with Crippen molar-refractivity contribution in [2.45, 2.75) is 64.3 Å². The summed E-state index contributed by atoms with van der Waals surface area (Å²) in [5.74, 6) is 1.46. The first-order valence-electron chi connectivity index (χ1n) is 7.75. The van der Waals surface area contributed by atoms with E-state index in [1.54, 1.807) is 0 Å². The van der Waals surface area contributed by atoms with Gasteiger partial charge in [0.05, 0.1) is 0 Å². The van der Waals surface area contributed by atoms with Crippen molar-refractivity contribution in [1.29, 1.82) is 0 Å². The Labute approximate surface area is 111 Å². The molecule has 104 valence electrons. The molecule has 2 N–H and O–H groups in total. The topological polar surface area (TPSA) is 46.3 Å². The van der Waals surface area contributed by atoms with Crippen LogP contribution >= 0.6 is 0 Å². The Bertz CT molecular complexity index is 272. The lowest BCUT2D eigenvalue weighted by Gasteiger charge is -2.36. The third kappa shape index (κ3) is 3.47. The highest BCUT2D eigenvalue weighted by Crippen LogP contribution is 2.28.